The highest BCUT2D eigenvalue weighted by molar-refractivity contribution is 6.36. The van der Waals surface area contributed by atoms with E-state index in [0.29, 0.717) is 0 Å². The van der Waals surface area contributed by atoms with Crippen molar-refractivity contribution in [1.29, 1.82) is 0 Å². The van der Waals surface area contributed by atoms with E-state index in [-0.39, 0.29) is 0 Å². The third kappa shape index (κ3) is 2.89. The fourth-order valence-electron chi connectivity index (χ4n) is 0.247. The predicted molar refractivity (Wildman–Crippen MR) is 34.0 cm³/mol. The molecule has 0 aromatic rings. The van der Waals surface area contributed by atoms with Gasteiger partial charge in [-0.05, 0) is 0 Å². The molecule has 0 aliphatic rings. The van der Waals surface area contributed by atoms with Crippen molar-refractivity contribution in [3.63, 3.8) is 0 Å². The number of alkyl halides is 2. The molecule has 0 bridgehead atoms. The van der Waals surface area contributed by atoms with Gasteiger partial charge in [0.15, 0.2) is 0 Å². The number of aliphatic hydroxyl groups excluding tert-OH is 1. The molecule has 0 amide bonds. The normalized spacial score (nSPS) is 16.8. The first-order valence-electron chi connectivity index (χ1n) is 2.21. The molecular formula is C4H6Cl2O3. The minimum absolute atomic E-state index is 0.429. The van der Waals surface area contributed by atoms with Gasteiger partial charge >= 0.3 is 5.97 Å². The Morgan fingerprint density at radius 1 is 1.56 bits per heavy atom. The van der Waals surface area contributed by atoms with E-state index in [4.69, 9.17) is 33.4 Å². The van der Waals surface area contributed by atoms with Crippen molar-refractivity contribution in [2.75, 3.05) is 6.61 Å². The summed E-state index contributed by atoms with van der Waals surface area (Å²) in [7, 11) is 0. The largest absolute Gasteiger partial charge is 0.480 e. The zero-order valence-corrected chi connectivity index (χ0v) is 5.93. The number of carboxylic acid groups (broad SMARTS) is 1. The van der Waals surface area contributed by atoms with Crippen molar-refractivity contribution in [3.8, 4) is 0 Å². The van der Waals surface area contributed by atoms with Crippen molar-refractivity contribution in [2.24, 2.45) is 0 Å². The van der Waals surface area contributed by atoms with Gasteiger partial charge in [-0.25, -0.2) is 0 Å². The smallest absolute Gasteiger partial charge is 0.323 e. The van der Waals surface area contributed by atoms with E-state index in [9.17, 15) is 4.79 Å². The number of carbonyl (C=O) groups is 1. The predicted octanol–water partition coefficient (Wildman–Crippen LogP) is 0.278. The summed E-state index contributed by atoms with van der Waals surface area (Å²) in [6.07, 6.45) is 0. The molecule has 3 nitrogen and oxygen atoms in total. The maximum Gasteiger partial charge on any atom is 0.323 e. The van der Waals surface area contributed by atoms with Crippen LogP contribution in [0, 0.1) is 0 Å². The van der Waals surface area contributed by atoms with Crippen molar-refractivity contribution in [3.05, 3.63) is 0 Å². The van der Waals surface area contributed by atoms with Crippen LogP contribution in [0.5, 0.6) is 0 Å². The van der Waals surface area contributed by atoms with E-state index < -0.39 is 23.3 Å². The summed E-state index contributed by atoms with van der Waals surface area (Å²) in [6, 6.07) is 0. The number of rotatable bonds is 3. The zero-order valence-electron chi connectivity index (χ0n) is 4.42. The Balaban J connectivity index is 3.72. The molecule has 2 atom stereocenters. The van der Waals surface area contributed by atoms with Gasteiger partial charge in [0.2, 0.25) is 0 Å². The lowest BCUT2D eigenvalue weighted by molar-refractivity contribution is -0.136. The van der Waals surface area contributed by atoms with Gasteiger partial charge in [-0.3, -0.25) is 4.79 Å². The molecule has 0 fully saturated rings. The van der Waals surface area contributed by atoms with Crippen LogP contribution < -0.4 is 0 Å². The average molecular weight is 173 g/mol. The SMILES string of the molecule is O=C(O)C(Cl)C(Cl)CO. The third-order valence-corrected chi connectivity index (χ3v) is 1.74. The van der Waals surface area contributed by atoms with E-state index in [1.165, 1.54) is 0 Å². The van der Waals surface area contributed by atoms with Crippen molar-refractivity contribution >= 4 is 29.2 Å². The number of halogens is 2. The molecule has 0 saturated carbocycles. The molecule has 2 unspecified atom stereocenters. The quantitative estimate of drug-likeness (QED) is 0.602. The molecule has 0 rings (SSSR count). The number of aliphatic hydroxyl groups is 1. The number of aliphatic carboxylic acids is 1. The Kier molecular flexibility index (Phi) is 3.93. The molecule has 0 radical (unpaired) electrons. The fraction of sp³-hybridized carbons (Fsp3) is 0.750. The fourth-order valence-corrected chi connectivity index (χ4v) is 0.435. The molecule has 5 heteroatoms. The molecule has 0 saturated heterocycles. The number of hydrogen-bond acceptors (Lipinski definition) is 2. The first-order valence-corrected chi connectivity index (χ1v) is 3.08. The Labute approximate surface area is 62.2 Å². The second-order valence-corrected chi connectivity index (χ2v) is 2.47. The monoisotopic (exact) mass is 172 g/mol. The van der Waals surface area contributed by atoms with E-state index in [1.54, 1.807) is 0 Å². The highest BCUT2D eigenvalue weighted by Crippen LogP contribution is 2.08. The lowest BCUT2D eigenvalue weighted by atomic mass is 10.3. The van der Waals surface area contributed by atoms with Gasteiger partial charge in [0.25, 0.3) is 0 Å². The van der Waals surface area contributed by atoms with Crippen molar-refractivity contribution in [2.45, 2.75) is 10.8 Å². The van der Waals surface area contributed by atoms with Crippen LogP contribution in [-0.4, -0.2) is 33.5 Å². The molecule has 0 spiro atoms. The molecule has 0 heterocycles. The molecule has 9 heavy (non-hydrogen) atoms. The van der Waals surface area contributed by atoms with Crippen LogP contribution in [0.3, 0.4) is 0 Å². The van der Waals surface area contributed by atoms with E-state index in [2.05, 4.69) is 0 Å². The topological polar surface area (TPSA) is 57.5 Å². The second-order valence-electron chi connectivity index (χ2n) is 1.44. The van der Waals surface area contributed by atoms with E-state index in [0.717, 1.165) is 0 Å². The summed E-state index contributed by atoms with van der Waals surface area (Å²) < 4.78 is 0. The number of carboxylic acids is 1. The molecular weight excluding hydrogens is 167 g/mol. The van der Waals surface area contributed by atoms with Gasteiger partial charge in [-0.1, -0.05) is 0 Å². The van der Waals surface area contributed by atoms with Crippen molar-refractivity contribution in [1.82, 2.24) is 0 Å². The minimum Gasteiger partial charge on any atom is -0.480 e. The summed E-state index contributed by atoms with van der Waals surface area (Å²) in [6.45, 7) is -0.429. The van der Waals surface area contributed by atoms with Crippen LogP contribution in [-0.2, 0) is 4.79 Å². The third-order valence-electron chi connectivity index (χ3n) is 0.728. The Bertz CT molecular complexity index is 106. The van der Waals surface area contributed by atoms with Gasteiger partial charge in [-0.2, -0.15) is 0 Å². The summed E-state index contributed by atoms with van der Waals surface area (Å²) in [4.78, 5) is 9.97. The van der Waals surface area contributed by atoms with Gasteiger partial charge in [0.05, 0.1) is 12.0 Å². The van der Waals surface area contributed by atoms with Gasteiger partial charge in [0.1, 0.15) is 5.38 Å². The molecule has 54 valence electrons. The lowest BCUT2D eigenvalue weighted by Gasteiger charge is -2.06. The lowest BCUT2D eigenvalue weighted by Crippen LogP contribution is -2.27. The van der Waals surface area contributed by atoms with Crippen LogP contribution in [0.4, 0.5) is 0 Å². The second kappa shape index (κ2) is 3.93. The van der Waals surface area contributed by atoms with Crippen LogP contribution in [0.1, 0.15) is 0 Å². The van der Waals surface area contributed by atoms with Crippen molar-refractivity contribution < 1.29 is 15.0 Å². The number of hydrogen-bond donors (Lipinski definition) is 2. The Morgan fingerprint density at radius 2 is 2.00 bits per heavy atom. The average Bonchev–Trinajstić information content (AvgIpc) is 1.84. The van der Waals surface area contributed by atoms with Crippen LogP contribution in [0.25, 0.3) is 0 Å². The summed E-state index contributed by atoms with van der Waals surface area (Å²) in [5.74, 6) is -1.22. The highest BCUT2D eigenvalue weighted by Gasteiger charge is 2.22. The van der Waals surface area contributed by atoms with Crippen LogP contribution in [0.15, 0.2) is 0 Å². The maximum atomic E-state index is 9.97. The Hall–Kier alpha value is 0.01000. The van der Waals surface area contributed by atoms with Crippen LogP contribution in [0.2, 0.25) is 0 Å². The molecule has 0 aromatic carbocycles. The molecule has 0 aromatic heterocycles. The minimum atomic E-state index is -1.22. The summed E-state index contributed by atoms with van der Waals surface area (Å²) in [5.41, 5.74) is 0. The molecule has 0 aliphatic heterocycles. The van der Waals surface area contributed by atoms with E-state index in [1.807, 2.05) is 0 Å². The van der Waals surface area contributed by atoms with Gasteiger partial charge < -0.3 is 10.2 Å². The first-order chi connectivity index (χ1) is 4.09. The zero-order chi connectivity index (χ0) is 7.44. The molecule has 0 aliphatic carbocycles. The van der Waals surface area contributed by atoms with E-state index >= 15 is 0 Å². The maximum absolute atomic E-state index is 9.97. The highest BCUT2D eigenvalue weighted by atomic mass is 35.5. The summed E-state index contributed by atoms with van der Waals surface area (Å²) in [5, 5.41) is 14.3. The summed E-state index contributed by atoms with van der Waals surface area (Å²) >= 11 is 10.4. The Morgan fingerprint density at radius 3 is 2.11 bits per heavy atom. The molecule has 2 N–H and O–H groups in total. The van der Waals surface area contributed by atoms with Gasteiger partial charge in [0, 0.05) is 0 Å². The van der Waals surface area contributed by atoms with Crippen LogP contribution >= 0.6 is 23.2 Å². The first kappa shape index (κ1) is 9.01. The van der Waals surface area contributed by atoms with Gasteiger partial charge in [-0.15, -0.1) is 23.2 Å². The standard InChI is InChI=1S/C4H6Cl2O3/c5-2(1-7)3(6)4(8)9/h2-3,7H,1H2,(H,8,9).